The Labute approximate surface area is 214 Å². The van der Waals surface area contributed by atoms with E-state index in [0.29, 0.717) is 24.2 Å². The van der Waals surface area contributed by atoms with E-state index in [-0.39, 0.29) is 24.8 Å². The first-order valence-corrected chi connectivity index (χ1v) is 12.2. The molecule has 0 radical (unpaired) electrons. The van der Waals surface area contributed by atoms with Crippen molar-refractivity contribution in [2.45, 2.75) is 88.9 Å². The second kappa shape index (κ2) is 10.6. The molecule has 0 spiro atoms. The second-order valence-corrected chi connectivity index (χ2v) is 10.8. The zero-order valence-corrected chi connectivity index (χ0v) is 20.7. The van der Waals surface area contributed by atoms with Crippen molar-refractivity contribution in [2.75, 3.05) is 6.54 Å². The quantitative estimate of drug-likeness (QED) is 0.427. The van der Waals surface area contributed by atoms with Crippen molar-refractivity contribution in [3.63, 3.8) is 0 Å². The molecule has 3 fully saturated rings. The molecule has 212 valence electrons. The third-order valence-electron chi connectivity index (χ3n) is 7.56. The van der Waals surface area contributed by atoms with E-state index in [1.807, 2.05) is 6.07 Å². The van der Waals surface area contributed by atoms with Crippen LogP contribution in [-0.4, -0.2) is 71.6 Å². The van der Waals surface area contributed by atoms with Gasteiger partial charge < -0.3 is 20.9 Å². The van der Waals surface area contributed by atoms with E-state index in [1.54, 1.807) is 5.32 Å². The van der Waals surface area contributed by atoms with Crippen molar-refractivity contribution in [2.24, 2.45) is 17.3 Å². The first kappa shape index (κ1) is 29.5. The molecule has 4 amide bonds. The van der Waals surface area contributed by atoms with Crippen molar-refractivity contribution >= 4 is 23.6 Å². The maximum absolute atomic E-state index is 13.6. The molecular formula is C23H29F6N5O4. The summed E-state index contributed by atoms with van der Waals surface area (Å²) < 4.78 is 80.2. The van der Waals surface area contributed by atoms with Crippen molar-refractivity contribution in [1.29, 1.82) is 5.26 Å². The summed E-state index contributed by atoms with van der Waals surface area (Å²) in [6.07, 6.45) is -10.1. The predicted octanol–water partition coefficient (Wildman–Crippen LogP) is 1.93. The molecule has 0 aromatic heterocycles. The van der Waals surface area contributed by atoms with Crippen LogP contribution in [0.1, 0.15) is 52.4 Å². The second-order valence-electron chi connectivity index (χ2n) is 10.8. The highest BCUT2D eigenvalue weighted by molar-refractivity contribution is 5.94. The molecule has 1 unspecified atom stereocenters. The Morgan fingerprint density at radius 1 is 1.05 bits per heavy atom. The predicted molar refractivity (Wildman–Crippen MR) is 117 cm³/mol. The summed E-state index contributed by atoms with van der Waals surface area (Å²) in [4.78, 5) is 51.4. The number of rotatable bonds is 1. The van der Waals surface area contributed by atoms with Gasteiger partial charge in [0.15, 0.2) is 0 Å². The number of amides is 4. The number of alkyl halides is 6. The fourth-order valence-electron chi connectivity index (χ4n) is 5.40. The summed E-state index contributed by atoms with van der Waals surface area (Å²) in [5.74, 6) is -7.92. The first-order chi connectivity index (χ1) is 17.4. The van der Waals surface area contributed by atoms with Crippen molar-refractivity contribution in [3.8, 4) is 6.07 Å². The molecule has 3 N–H and O–H groups in total. The van der Waals surface area contributed by atoms with Crippen LogP contribution in [0.2, 0.25) is 0 Å². The number of carbonyl (C=O) groups is 4. The fourth-order valence-corrected chi connectivity index (χ4v) is 5.40. The van der Waals surface area contributed by atoms with Crippen molar-refractivity contribution in [3.05, 3.63) is 0 Å². The van der Waals surface area contributed by atoms with E-state index in [1.165, 1.54) is 13.8 Å². The molecule has 0 saturated carbocycles. The van der Waals surface area contributed by atoms with Gasteiger partial charge in [0.05, 0.1) is 12.0 Å². The molecule has 3 aliphatic rings. The summed E-state index contributed by atoms with van der Waals surface area (Å²) in [5.41, 5.74) is -1.37. The smallest absolute Gasteiger partial charge is 0.353 e. The zero-order valence-electron chi connectivity index (χ0n) is 20.7. The third kappa shape index (κ3) is 6.50. The third-order valence-corrected chi connectivity index (χ3v) is 7.56. The first-order valence-electron chi connectivity index (χ1n) is 12.2. The summed E-state index contributed by atoms with van der Waals surface area (Å²) in [6, 6.07) is -3.40. The lowest BCUT2D eigenvalue weighted by atomic mass is 9.78. The van der Waals surface area contributed by atoms with E-state index in [2.05, 4.69) is 10.6 Å². The number of fused-ring (bicyclic) bond motifs is 3. The molecule has 15 heteroatoms. The van der Waals surface area contributed by atoms with Gasteiger partial charge >= 0.3 is 18.3 Å². The monoisotopic (exact) mass is 553 g/mol. The van der Waals surface area contributed by atoms with Crippen LogP contribution < -0.4 is 16.0 Å². The van der Waals surface area contributed by atoms with Gasteiger partial charge in [-0.2, -0.15) is 31.6 Å². The normalized spacial score (nSPS) is 32.8. The Bertz CT molecular complexity index is 1010. The Balaban J connectivity index is 2.02. The zero-order chi connectivity index (χ0) is 28.6. The van der Waals surface area contributed by atoms with Gasteiger partial charge in [-0.1, -0.05) is 20.3 Å². The van der Waals surface area contributed by atoms with Crippen molar-refractivity contribution in [1.82, 2.24) is 20.9 Å². The molecule has 38 heavy (non-hydrogen) atoms. The molecule has 9 nitrogen and oxygen atoms in total. The van der Waals surface area contributed by atoms with Crippen LogP contribution >= 0.6 is 0 Å². The average Bonchev–Trinajstić information content (AvgIpc) is 3.39. The summed E-state index contributed by atoms with van der Waals surface area (Å²) in [7, 11) is 0. The number of hydrogen-bond acceptors (Lipinski definition) is 5. The van der Waals surface area contributed by atoms with Crippen LogP contribution in [0.3, 0.4) is 0 Å². The standard InChI is InChI=1S/C23H29F6N5O4/c1-21(2)5-3-4-13-6-11(17(35)31-13)7-14(9-30)32-18(36)15-8-12(22(24,25)26)10-34(15)19(37)16(21)33-20(38)23(27,28)29/h11-16H,3-8,10H2,1-2H3,(H,31,35)(H,32,36)(H,33,38)/t11-,12+,13+,14?,15-,16+/m0/s1. The van der Waals surface area contributed by atoms with Gasteiger partial charge in [0.1, 0.15) is 18.1 Å². The summed E-state index contributed by atoms with van der Waals surface area (Å²) in [6.45, 7) is 1.80. The molecule has 0 aromatic carbocycles. The minimum absolute atomic E-state index is 0.0762. The molecule has 3 aliphatic heterocycles. The molecule has 2 bridgehead atoms. The summed E-state index contributed by atoms with van der Waals surface area (Å²) >= 11 is 0. The maximum atomic E-state index is 13.6. The fraction of sp³-hybridized carbons (Fsp3) is 0.783. The topological polar surface area (TPSA) is 131 Å². The number of carbonyl (C=O) groups excluding carboxylic acids is 4. The van der Waals surface area contributed by atoms with Crippen LogP contribution in [0.5, 0.6) is 0 Å². The van der Waals surface area contributed by atoms with E-state index in [0.717, 1.165) is 0 Å². The highest BCUT2D eigenvalue weighted by Crippen LogP contribution is 2.39. The SMILES string of the molecule is CC1(C)CCC[C@@H]2C[C@@H](CC(C#N)NC(=O)[C@@H]3C[C@@H](C(F)(F)F)CN3C(=O)[C@H]1NC(=O)C(F)(F)F)C(=O)N2. The number of nitrogens with one attached hydrogen (secondary N) is 3. The van der Waals surface area contributed by atoms with Gasteiger partial charge in [0, 0.05) is 18.5 Å². The molecule has 3 saturated heterocycles. The number of hydrogen-bond donors (Lipinski definition) is 3. The van der Waals surface area contributed by atoms with Gasteiger partial charge in [-0.15, -0.1) is 0 Å². The van der Waals surface area contributed by atoms with Gasteiger partial charge in [-0.3, -0.25) is 19.2 Å². The van der Waals surface area contributed by atoms with Crippen molar-refractivity contribution < 1.29 is 45.5 Å². The largest absolute Gasteiger partial charge is 0.471 e. The lowest BCUT2D eigenvalue weighted by Gasteiger charge is -2.38. The average molecular weight is 554 g/mol. The Morgan fingerprint density at radius 2 is 1.71 bits per heavy atom. The van der Waals surface area contributed by atoms with Crippen LogP contribution in [0.15, 0.2) is 0 Å². The Morgan fingerprint density at radius 3 is 2.29 bits per heavy atom. The minimum atomic E-state index is -5.37. The van der Waals surface area contributed by atoms with E-state index < -0.39 is 78.4 Å². The molecule has 0 aromatic rings. The Hall–Kier alpha value is -3.05. The van der Waals surface area contributed by atoms with E-state index in [4.69, 9.17) is 0 Å². The molecular weight excluding hydrogens is 524 g/mol. The van der Waals surface area contributed by atoms with Crippen LogP contribution in [0, 0.1) is 28.6 Å². The van der Waals surface area contributed by atoms with Crippen LogP contribution in [-0.2, 0) is 19.2 Å². The van der Waals surface area contributed by atoms with Gasteiger partial charge in [-0.05, 0) is 37.5 Å². The Kier molecular flexibility index (Phi) is 8.24. The summed E-state index contributed by atoms with van der Waals surface area (Å²) in [5, 5.41) is 16.2. The highest BCUT2D eigenvalue weighted by Gasteiger charge is 2.54. The molecule has 3 heterocycles. The van der Waals surface area contributed by atoms with Crippen LogP contribution in [0.4, 0.5) is 26.3 Å². The number of halogens is 6. The van der Waals surface area contributed by atoms with Crippen LogP contribution in [0.25, 0.3) is 0 Å². The van der Waals surface area contributed by atoms with Gasteiger partial charge in [0.25, 0.3) is 0 Å². The molecule has 0 aliphatic carbocycles. The molecule has 6 atom stereocenters. The number of nitrogens with zero attached hydrogens (tertiary/aromatic N) is 2. The highest BCUT2D eigenvalue weighted by atomic mass is 19.4. The maximum Gasteiger partial charge on any atom is 0.471 e. The van der Waals surface area contributed by atoms with E-state index >= 15 is 0 Å². The lowest BCUT2D eigenvalue weighted by Crippen LogP contribution is -2.60. The number of nitriles is 1. The lowest BCUT2D eigenvalue weighted by molar-refractivity contribution is -0.177. The minimum Gasteiger partial charge on any atom is -0.353 e. The van der Waals surface area contributed by atoms with E-state index in [9.17, 15) is 50.8 Å². The van der Waals surface area contributed by atoms with Gasteiger partial charge in [0.2, 0.25) is 17.7 Å². The van der Waals surface area contributed by atoms with Gasteiger partial charge in [-0.25, -0.2) is 0 Å². The molecule has 3 rings (SSSR count).